The highest BCUT2D eigenvalue weighted by Crippen LogP contribution is 2.13. The molecule has 1 aromatic carbocycles. The first-order chi connectivity index (χ1) is 9.06. The van der Waals surface area contributed by atoms with Crippen LogP contribution in [-0.4, -0.2) is 27.9 Å². The van der Waals surface area contributed by atoms with Crippen LogP contribution in [0.1, 0.15) is 16.1 Å². The van der Waals surface area contributed by atoms with Crippen LogP contribution in [-0.2, 0) is 6.54 Å². The standard InChI is InChI=1S/C14H13ClN2O2/c1-17(9-10-2-5-12(18)6-3-10)14(19)13-7-4-11(15)8-16-13/h2-8,18H,9H2,1H3. The van der Waals surface area contributed by atoms with Gasteiger partial charge in [-0.15, -0.1) is 0 Å². The third-order valence-electron chi connectivity index (χ3n) is 2.65. The van der Waals surface area contributed by atoms with Gasteiger partial charge in [-0.2, -0.15) is 0 Å². The molecule has 0 saturated heterocycles. The lowest BCUT2D eigenvalue weighted by Gasteiger charge is -2.16. The minimum Gasteiger partial charge on any atom is -0.508 e. The maximum atomic E-state index is 12.1. The van der Waals surface area contributed by atoms with Crippen LogP contribution in [0.2, 0.25) is 5.02 Å². The molecule has 0 aliphatic carbocycles. The summed E-state index contributed by atoms with van der Waals surface area (Å²) in [5.74, 6) is 0.0295. The van der Waals surface area contributed by atoms with E-state index in [9.17, 15) is 9.90 Å². The molecule has 2 rings (SSSR count). The van der Waals surface area contributed by atoms with Crippen LogP contribution in [0, 0.1) is 0 Å². The van der Waals surface area contributed by atoms with Crippen LogP contribution in [0.5, 0.6) is 5.75 Å². The highest BCUT2D eigenvalue weighted by atomic mass is 35.5. The number of amides is 1. The Morgan fingerprint density at radius 1 is 1.26 bits per heavy atom. The fourth-order valence-corrected chi connectivity index (χ4v) is 1.76. The maximum absolute atomic E-state index is 12.1. The second-order valence-electron chi connectivity index (χ2n) is 4.19. The van der Waals surface area contributed by atoms with Gasteiger partial charge in [0.1, 0.15) is 11.4 Å². The summed E-state index contributed by atoms with van der Waals surface area (Å²) in [5, 5.41) is 9.70. The zero-order valence-electron chi connectivity index (χ0n) is 10.4. The molecule has 19 heavy (non-hydrogen) atoms. The van der Waals surface area contributed by atoms with Crippen molar-refractivity contribution in [2.24, 2.45) is 0 Å². The van der Waals surface area contributed by atoms with Gasteiger partial charge in [0.25, 0.3) is 5.91 Å². The lowest BCUT2D eigenvalue weighted by atomic mass is 10.2. The Kier molecular flexibility index (Phi) is 4.02. The van der Waals surface area contributed by atoms with E-state index in [1.54, 1.807) is 48.3 Å². The van der Waals surface area contributed by atoms with Crippen LogP contribution in [0.4, 0.5) is 0 Å². The molecule has 98 valence electrons. The Morgan fingerprint density at radius 3 is 2.53 bits per heavy atom. The number of carbonyl (C=O) groups excluding carboxylic acids is 1. The summed E-state index contributed by atoms with van der Waals surface area (Å²) in [6.07, 6.45) is 1.45. The second-order valence-corrected chi connectivity index (χ2v) is 4.63. The van der Waals surface area contributed by atoms with Crippen LogP contribution in [0.3, 0.4) is 0 Å². The van der Waals surface area contributed by atoms with Crippen molar-refractivity contribution < 1.29 is 9.90 Å². The Balaban J connectivity index is 2.07. The predicted octanol–water partition coefficient (Wildman–Crippen LogP) is 2.71. The number of phenolic OH excluding ortho intramolecular Hbond substituents is 1. The van der Waals surface area contributed by atoms with Crippen LogP contribution >= 0.6 is 11.6 Å². The molecule has 1 N–H and O–H groups in total. The van der Waals surface area contributed by atoms with E-state index < -0.39 is 0 Å². The van der Waals surface area contributed by atoms with Gasteiger partial charge < -0.3 is 10.0 Å². The number of rotatable bonds is 3. The van der Waals surface area contributed by atoms with Gasteiger partial charge in [-0.3, -0.25) is 4.79 Å². The molecule has 0 radical (unpaired) electrons. The number of phenols is 1. The van der Waals surface area contributed by atoms with Crippen molar-refractivity contribution in [3.63, 3.8) is 0 Å². The molecule has 0 fully saturated rings. The average Bonchev–Trinajstić information content (AvgIpc) is 2.41. The number of hydrogen-bond donors (Lipinski definition) is 1. The van der Waals surface area contributed by atoms with E-state index in [1.807, 2.05) is 0 Å². The van der Waals surface area contributed by atoms with Gasteiger partial charge in [0.2, 0.25) is 0 Å². The summed E-state index contributed by atoms with van der Waals surface area (Å²) in [5.41, 5.74) is 1.29. The third-order valence-corrected chi connectivity index (χ3v) is 2.87. The largest absolute Gasteiger partial charge is 0.508 e. The van der Waals surface area contributed by atoms with Crippen LogP contribution < -0.4 is 0 Å². The number of halogens is 1. The lowest BCUT2D eigenvalue weighted by Crippen LogP contribution is -2.26. The molecule has 0 aliphatic heterocycles. The van der Waals surface area contributed by atoms with Crippen molar-refractivity contribution in [2.45, 2.75) is 6.54 Å². The first-order valence-corrected chi connectivity index (χ1v) is 6.09. The number of pyridine rings is 1. The Hall–Kier alpha value is -2.07. The van der Waals surface area contributed by atoms with Gasteiger partial charge in [-0.05, 0) is 29.8 Å². The predicted molar refractivity (Wildman–Crippen MR) is 73.2 cm³/mol. The van der Waals surface area contributed by atoms with Gasteiger partial charge in [-0.25, -0.2) is 4.98 Å². The Bertz CT molecular complexity index is 567. The highest BCUT2D eigenvalue weighted by Gasteiger charge is 2.13. The van der Waals surface area contributed by atoms with Crippen LogP contribution in [0.25, 0.3) is 0 Å². The molecule has 4 nitrogen and oxygen atoms in total. The normalized spacial score (nSPS) is 10.2. The number of carbonyl (C=O) groups is 1. The first-order valence-electron chi connectivity index (χ1n) is 5.71. The second kappa shape index (κ2) is 5.71. The SMILES string of the molecule is CN(Cc1ccc(O)cc1)C(=O)c1ccc(Cl)cn1. The molecule has 1 amide bonds. The third kappa shape index (κ3) is 3.45. The van der Waals surface area contributed by atoms with Crippen molar-refractivity contribution in [1.29, 1.82) is 0 Å². The summed E-state index contributed by atoms with van der Waals surface area (Å²) >= 11 is 5.73. The summed E-state index contributed by atoms with van der Waals surface area (Å²) in [7, 11) is 1.70. The molecule has 1 heterocycles. The molecule has 0 unspecified atom stereocenters. The average molecular weight is 277 g/mol. The van der Waals surface area contributed by atoms with E-state index in [1.165, 1.54) is 6.20 Å². The summed E-state index contributed by atoms with van der Waals surface area (Å²) in [6.45, 7) is 0.448. The molecule has 0 spiro atoms. The number of hydrogen-bond acceptors (Lipinski definition) is 3. The minimum absolute atomic E-state index is 0.176. The fraction of sp³-hybridized carbons (Fsp3) is 0.143. The topological polar surface area (TPSA) is 53.4 Å². The van der Waals surface area contributed by atoms with E-state index in [4.69, 9.17) is 11.6 Å². The van der Waals surface area contributed by atoms with Crippen LogP contribution in [0.15, 0.2) is 42.6 Å². The fourth-order valence-electron chi connectivity index (χ4n) is 1.64. The molecular formula is C14H13ClN2O2. The molecule has 1 aromatic heterocycles. The molecule has 5 heteroatoms. The van der Waals surface area contributed by atoms with E-state index in [2.05, 4.69) is 4.98 Å². The maximum Gasteiger partial charge on any atom is 0.272 e. The van der Waals surface area contributed by atoms with Gasteiger partial charge in [0, 0.05) is 19.8 Å². The van der Waals surface area contributed by atoms with Gasteiger partial charge >= 0.3 is 0 Å². The number of aromatic nitrogens is 1. The smallest absolute Gasteiger partial charge is 0.272 e. The molecular weight excluding hydrogens is 264 g/mol. The minimum atomic E-state index is -0.176. The van der Waals surface area contributed by atoms with Crippen molar-refractivity contribution >= 4 is 17.5 Å². The first kappa shape index (κ1) is 13.4. The van der Waals surface area contributed by atoms with Crippen molar-refractivity contribution in [3.05, 3.63) is 58.9 Å². The molecule has 0 saturated carbocycles. The molecule has 2 aromatic rings. The Morgan fingerprint density at radius 2 is 1.95 bits per heavy atom. The quantitative estimate of drug-likeness (QED) is 0.938. The number of nitrogens with zero attached hydrogens (tertiary/aromatic N) is 2. The van der Waals surface area contributed by atoms with Crippen molar-refractivity contribution in [1.82, 2.24) is 9.88 Å². The lowest BCUT2D eigenvalue weighted by molar-refractivity contribution is 0.0779. The van der Waals surface area contributed by atoms with E-state index in [0.29, 0.717) is 17.3 Å². The highest BCUT2D eigenvalue weighted by molar-refractivity contribution is 6.30. The summed E-state index contributed by atoms with van der Waals surface area (Å²) in [4.78, 5) is 17.6. The van der Waals surface area contributed by atoms with Crippen molar-refractivity contribution in [3.8, 4) is 5.75 Å². The molecule has 0 bridgehead atoms. The van der Waals surface area contributed by atoms with Crippen molar-refractivity contribution in [2.75, 3.05) is 7.05 Å². The van der Waals surface area contributed by atoms with E-state index in [0.717, 1.165) is 5.56 Å². The zero-order chi connectivity index (χ0) is 13.8. The molecule has 0 aliphatic rings. The summed E-state index contributed by atoms with van der Waals surface area (Å²) in [6, 6.07) is 9.96. The number of benzene rings is 1. The zero-order valence-corrected chi connectivity index (χ0v) is 11.1. The monoisotopic (exact) mass is 276 g/mol. The Labute approximate surface area is 116 Å². The van der Waals surface area contributed by atoms with E-state index in [-0.39, 0.29) is 11.7 Å². The molecule has 0 atom stereocenters. The van der Waals surface area contributed by atoms with Gasteiger partial charge in [0.05, 0.1) is 5.02 Å². The van der Waals surface area contributed by atoms with E-state index >= 15 is 0 Å². The number of aromatic hydroxyl groups is 1. The van der Waals surface area contributed by atoms with Gasteiger partial charge in [-0.1, -0.05) is 23.7 Å². The summed E-state index contributed by atoms with van der Waals surface area (Å²) < 4.78 is 0. The van der Waals surface area contributed by atoms with Gasteiger partial charge in [0.15, 0.2) is 0 Å².